The van der Waals surface area contributed by atoms with E-state index in [1.165, 1.54) is 10.8 Å². The number of hydrogen-bond acceptors (Lipinski definition) is 6. The van der Waals surface area contributed by atoms with E-state index in [0.29, 0.717) is 11.6 Å². The van der Waals surface area contributed by atoms with Crippen LogP contribution >= 0.6 is 0 Å². The Morgan fingerprint density at radius 2 is 2.17 bits per heavy atom. The van der Waals surface area contributed by atoms with E-state index in [0.717, 1.165) is 11.3 Å². The van der Waals surface area contributed by atoms with Crippen LogP contribution in [0.15, 0.2) is 23.3 Å². The predicted molar refractivity (Wildman–Crippen MR) is 66.9 cm³/mol. The molecule has 0 saturated carbocycles. The monoisotopic (exact) mass is 246 g/mol. The molecular weight excluding hydrogens is 232 g/mol. The lowest BCUT2D eigenvalue weighted by molar-refractivity contribution is 0.683. The molecule has 94 valence electrons. The van der Waals surface area contributed by atoms with Crippen LogP contribution in [0.25, 0.3) is 0 Å². The highest BCUT2D eigenvalue weighted by Crippen LogP contribution is 2.05. The van der Waals surface area contributed by atoms with Crippen LogP contribution in [0.2, 0.25) is 0 Å². The third kappa shape index (κ3) is 2.69. The minimum atomic E-state index is -0.326. The maximum Gasteiger partial charge on any atom is 0.347 e. The Bertz CT molecular complexity index is 621. The zero-order chi connectivity index (χ0) is 13.1. The number of nitrogens with zero attached hydrogens (tertiary/aromatic N) is 4. The van der Waals surface area contributed by atoms with Crippen molar-refractivity contribution < 1.29 is 0 Å². The summed E-state index contributed by atoms with van der Waals surface area (Å²) in [5, 5.41) is 0. The van der Waals surface area contributed by atoms with Gasteiger partial charge in [0.1, 0.15) is 5.82 Å². The molecule has 2 heterocycles. The quantitative estimate of drug-likeness (QED) is 0.583. The van der Waals surface area contributed by atoms with Crippen molar-refractivity contribution >= 4 is 5.82 Å². The highest BCUT2D eigenvalue weighted by Gasteiger charge is 2.04. The first kappa shape index (κ1) is 12.2. The fraction of sp³-hybridized carbons (Fsp3) is 0.273. The van der Waals surface area contributed by atoms with Gasteiger partial charge in [-0.1, -0.05) is 0 Å². The van der Waals surface area contributed by atoms with Gasteiger partial charge in [-0.05, 0) is 19.4 Å². The molecule has 0 atom stereocenters. The first-order chi connectivity index (χ1) is 8.58. The number of nitrogens with one attached hydrogen (secondary N) is 1. The van der Waals surface area contributed by atoms with Gasteiger partial charge in [-0.15, -0.1) is 0 Å². The minimum absolute atomic E-state index is 0.268. The molecule has 7 heteroatoms. The molecule has 0 unspecified atom stereocenters. The maximum atomic E-state index is 11.6. The molecule has 18 heavy (non-hydrogen) atoms. The standard InChI is InChI=1S/C11H14N6O/c1-7-4-13-11(18)17(5-7)6-10-14-8(2)3-9(15-10)16-12/h3-5H,6,12H2,1-2H3,(H,14,15,16). The van der Waals surface area contributed by atoms with Crippen LogP contribution in [0.4, 0.5) is 5.82 Å². The molecule has 7 nitrogen and oxygen atoms in total. The average Bonchev–Trinajstić information content (AvgIpc) is 2.33. The summed E-state index contributed by atoms with van der Waals surface area (Å²) in [4.78, 5) is 23.8. The molecule has 3 N–H and O–H groups in total. The summed E-state index contributed by atoms with van der Waals surface area (Å²) < 4.78 is 1.46. The van der Waals surface area contributed by atoms with E-state index >= 15 is 0 Å². The van der Waals surface area contributed by atoms with Crippen LogP contribution in [0, 0.1) is 13.8 Å². The summed E-state index contributed by atoms with van der Waals surface area (Å²) in [5.74, 6) is 6.34. The van der Waals surface area contributed by atoms with Gasteiger partial charge in [0, 0.05) is 24.2 Å². The Morgan fingerprint density at radius 3 is 2.89 bits per heavy atom. The molecular formula is C11H14N6O. The van der Waals surface area contributed by atoms with Gasteiger partial charge < -0.3 is 5.43 Å². The van der Waals surface area contributed by atoms with Crippen molar-refractivity contribution in [3.8, 4) is 0 Å². The Labute approximate surface area is 104 Å². The summed E-state index contributed by atoms with van der Waals surface area (Å²) in [6.07, 6.45) is 3.25. The highest BCUT2D eigenvalue weighted by atomic mass is 16.1. The molecule has 2 aromatic rings. The number of hydrazine groups is 1. The number of hydrogen-bond donors (Lipinski definition) is 2. The smallest absolute Gasteiger partial charge is 0.308 e. The summed E-state index contributed by atoms with van der Waals surface area (Å²) in [6, 6.07) is 1.72. The van der Waals surface area contributed by atoms with Gasteiger partial charge in [0.05, 0.1) is 6.54 Å². The molecule has 0 aliphatic rings. The van der Waals surface area contributed by atoms with E-state index in [1.807, 2.05) is 13.8 Å². The highest BCUT2D eigenvalue weighted by molar-refractivity contribution is 5.33. The molecule has 0 amide bonds. The van der Waals surface area contributed by atoms with Crippen molar-refractivity contribution in [3.05, 3.63) is 46.0 Å². The molecule has 2 rings (SSSR count). The lowest BCUT2D eigenvalue weighted by Crippen LogP contribution is -2.24. The van der Waals surface area contributed by atoms with Crippen LogP contribution in [0.1, 0.15) is 17.1 Å². The van der Waals surface area contributed by atoms with E-state index in [2.05, 4.69) is 20.4 Å². The second-order valence-electron chi connectivity index (χ2n) is 4.00. The number of aromatic nitrogens is 4. The number of anilines is 1. The van der Waals surface area contributed by atoms with Crippen molar-refractivity contribution in [1.29, 1.82) is 0 Å². The van der Waals surface area contributed by atoms with E-state index in [4.69, 9.17) is 5.84 Å². The third-order valence-corrected chi connectivity index (χ3v) is 2.34. The number of aryl methyl sites for hydroxylation is 2. The van der Waals surface area contributed by atoms with Gasteiger partial charge >= 0.3 is 5.69 Å². The Balaban J connectivity index is 2.36. The van der Waals surface area contributed by atoms with Crippen molar-refractivity contribution in [1.82, 2.24) is 19.5 Å². The van der Waals surface area contributed by atoms with Gasteiger partial charge in [0.15, 0.2) is 5.82 Å². The van der Waals surface area contributed by atoms with Crippen LogP contribution in [-0.2, 0) is 6.54 Å². The topological polar surface area (TPSA) is 98.7 Å². The van der Waals surface area contributed by atoms with Gasteiger partial charge in [-0.25, -0.2) is 25.6 Å². The van der Waals surface area contributed by atoms with Crippen LogP contribution in [-0.4, -0.2) is 19.5 Å². The predicted octanol–water partition coefficient (Wildman–Crippen LogP) is -0.0160. The zero-order valence-corrected chi connectivity index (χ0v) is 10.2. The number of rotatable bonds is 3. The molecule has 0 aliphatic carbocycles. The van der Waals surface area contributed by atoms with Gasteiger partial charge in [-0.2, -0.15) is 0 Å². The van der Waals surface area contributed by atoms with E-state index < -0.39 is 0 Å². The summed E-state index contributed by atoms with van der Waals surface area (Å²) in [7, 11) is 0. The van der Waals surface area contributed by atoms with Crippen LogP contribution in [0.3, 0.4) is 0 Å². The molecule has 0 aromatic carbocycles. The van der Waals surface area contributed by atoms with Crippen LogP contribution < -0.4 is 17.0 Å². The van der Waals surface area contributed by atoms with Crippen molar-refractivity contribution in [3.63, 3.8) is 0 Å². The fourth-order valence-corrected chi connectivity index (χ4v) is 1.61. The Morgan fingerprint density at radius 1 is 1.39 bits per heavy atom. The lowest BCUT2D eigenvalue weighted by atomic mass is 10.4. The average molecular weight is 246 g/mol. The zero-order valence-electron chi connectivity index (χ0n) is 10.2. The van der Waals surface area contributed by atoms with E-state index in [9.17, 15) is 4.79 Å². The molecule has 0 radical (unpaired) electrons. The largest absolute Gasteiger partial charge is 0.347 e. The molecule has 0 spiro atoms. The maximum absolute atomic E-state index is 11.6. The lowest BCUT2D eigenvalue weighted by Gasteiger charge is -2.07. The second-order valence-corrected chi connectivity index (χ2v) is 4.00. The van der Waals surface area contributed by atoms with Gasteiger partial charge in [-0.3, -0.25) is 4.57 Å². The van der Waals surface area contributed by atoms with Gasteiger partial charge in [0.2, 0.25) is 0 Å². The Hall–Kier alpha value is -2.28. The summed E-state index contributed by atoms with van der Waals surface area (Å²) >= 11 is 0. The van der Waals surface area contributed by atoms with E-state index in [1.54, 1.807) is 12.3 Å². The van der Waals surface area contributed by atoms with E-state index in [-0.39, 0.29) is 12.2 Å². The normalized spacial score (nSPS) is 10.4. The van der Waals surface area contributed by atoms with Gasteiger partial charge in [0.25, 0.3) is 0 Å². The third-order valence-electron chi connectivity index (χ3n) is 2.34. The van der Waals surface area contributed by atoms with Crippen LogP contribution in [0.5, 0.6) is 0 Å². The molecule has 0 fully saturated rings. The first-order valence-electron chi connectivity index (χ1n) is 5.43. The second kappa shape index (κ2) is 4.92. The summed E-state index contributed by atoms with van der Waals surface area (Å²) in [6.45, 7) is 3.97. The summed E-state index contributed by atoms with van der Waals surface area (Å²) in [5.41, 5.74) is 3.82. The van der Waals surface area contributed by atoms with Crippen molar-refractivity contribution in [2.45, 2.75) is 20.4 Å². The van der Waals surface area contributed by atoms with Crippen molar-refractivity contribution in [2.24, 2.45) is 5.84 Å². The molecule has 2 aromatic heterocycles. The SMILES string of the molecule is Cc1cnc(=O)n(Cc2nc(C)cc(NN)n2)c1. The number of nitrogens with two attached hydrogens (primary N) is 1. The molecule has 0 saturated heterocycles. The van der Waals surface area contributed by atoms with Crippen molar-refractivity contribution in [2.75, 3.05) is 5.43 Å². The molecule has 0 bridgehead atoms. The minimum Gasteiger partial charge on any atom is -0.308 e. The number of nitrogen functional groups attached to an aromatic ring is 1. The first-order valence-corrected chi connectivity index (χ1v) is 5.43. The molecule has 0 aliphatic heterocycles. The Kier molecular flexibility index (Phi) is 3.33. The fourth-order valence-electron chi connectivity index (χ4n) is 1.61.